The summed E-state index contributed by atoms with van der Waals surface area (Å²) in [5.74, 6) is 1.59. The maximum atomic E-state index is 12.5. The zero-order chi connectivity index (χ0) is 19.7. The van der Waals surface area contributed by atoms with Gasteiger partial charge in [-0.25, -0.2) is 4.98 Å². The van der Waals surface area contributed by atoms with Gasteiger partial charge in [0, 0.05) is 16.3 Å². The quantitative estimate of drug-likeness (QED) is 0.573. The summed E-state index contributed by atoms with van der Waals surface area (Å²) in [6, 6.07) is 3.81. The van der Waals surface area contributed by atoms with Gasteiger partial charge in [-0.15, -0.1) is 34.4 Å². The van der Waals surface area contributed by atoms with E-state index in [1.165, 1.54) is 33.5 Å². The molecule has 1 aliphatic carbocycles. The standard InChI is InChI=1S/C19H20ClN3O2S3/c1-2-23(8-11-6-7-14(20)27-11)16(24)10-26-9-15-21-18(25)17-12-4-3-5-13(12)28-19(17)22-15/h6-7H,2-5,8-10H2,1H3,(H,21,22,25). The molecular weight excluding hydrogens is 434 g/mol. The van der Waals surface area contributed by atoms with Crippen LogP contribution in [-0.2, 0) is 29.9 Å². The maximum Gasteiger partial charge on any atom is 0.259 e. The second kappa shape index (κ2) is 8.57. The molecule has 28 heavy (non-hydrogen) atoms. The van der Waals surface area contributed by atoms with E-state index in [1.807, 2.05) is 24.0 Å². The van der Waals surface area contributed by atoms with Crippen LogP contribution in [0.2, 0.25) is 4.34 Å². The minimum atomic E-state index is -0.0453. The molecule has 148 valence electrons. The van der Waals surface area contributed by atoms with Gasteiger partial charge < -0.3 is 9.88 Å². The number of hydrogen-bond acceptors (Lipinski definition) is 6. The third-order valence-corrected chi connectivity index (χ3v) is 8.13. The van der Waals surface area contributed by atoms with E-state index in [1.54, 1.807) is 11.3 Å². The summed E-state index contributed by atoms with van der Waals surface area (Å²) in [7, 11) is 0. The highest BCUT2D eigenvalue weighted by atomic mass is 35.5. The highest BCUT2D eigenvalue weighted by Crippen LogP contribution is 2.34. The average Bonchev–Trinajstić information content (AvgIpc) is 3.35. The van der Waals surface area contributed by atoms with E-state index >= 15 is 0 Å². The second-order valence-corrected chi connectivity index (χ2v) is 10.5. The van der Waals surface area contributed by atoms with Crippen molar-refractivity contribution in [2.24, 2.45) is 0 Å². The summed E-state index contributed by atoms with van der Waals surface area (Å²) in [6.07, 6.45) is 3.16. The van der Waals surface area contributed by atoms with E-state index in [0.717, 1.165) is 38.7 Å². The number of thioether (sulfide) groups is 1. The third-order valence-electron chi connectivity index (χ3n) is 4.80. The van der Waals surface area contributed by atoms with Crippen molar-refractivity contribution in [3.63, 3.8) is 0 Å². The lowest BCUT2D eigenvalue weighted by molar-refractivity contribution is -0.128. The first kappa shape index (κ1) is 19.9. The molecule has 4 rings (SSSR count). The lowest BCUT2D eigenvalue weighted by atomic mass is 10.2. The first-order valence-electron chi connectivity index (χ1n) is 9.18. The Bertz CT molecular complexity index is 1070. The molecule has 1 amide bonds. The van der Waals surface area contributed by atoms with Gasteiger partial charge in [-0.1, -0.05) is 11.6 Å². The number of nitrogens with zero attached hydrogens (tertiary/aromatic N) is 2. The predicted molar refractivity (Wildman–Crippen MR) is 119 cm³/mol. The van der Waals surface area contributed by atoms with Gasteiger partial charge >= 0.3 is 0 Å². The summed E-state index contributed by atoms with van der Waals surface area (Å²) in [4.78, 5) is 37.6. The molecule has 0 saturated heterocycles. The molecule has 0 aromatic carbocycles. The first-order chi connectivity index (χ1) is 13.5. The van der Waals surface area contributed by atoms with Gasteiger partial charge in [-0.05, 0) is 43.9 Å². The molecule has 1 aliphatic rings. The minimum Gasteiger partial charge on any atom is -0.337 e. The number of rotatable bonds is 7. The molecule has 0 spiro atoms. The van der Waals surface area contributed by atoms with Gasteiger partial charge in [0.05, 0.1) is 27.8 Å². The van der Waals surface area contributed by atoms with Crippen LogP contribution in [0.4, 0.5) is 0 Å². The molecule has 0 unspecified atom stereocenters. The number of hydrogen-bond donors (Lipinski definition) is 1. The van der Waals surface area contributed by atoms with Crippen molar-refractivity contribution in [1.82, 2.24) is 14.9 Å². The van der Waals surface area contributed by atoms with Crippen LogP contribution >= 0.6 is 46.0 Å². The van der Waals surface area contributed by atoms with Crippen molar-refractivity contribution < 1.29 is 4.79 Å². The van der Waals surface area contributed by atoms with E-state index in [4.69, 9.17) is 11.6 Å². The number of carbonyl (C=O) groups is 1. The molecule has 9 heteroatoms. The van der Waals surface area contributed by atoms with Crippen LogP contribution in [0.5, 0.6) is 0 Å². The summed E-state index contributed by atoms with van der Waals surface area (Å²) in [6.45, 7) is 3.20. The van der Waals surface area contributed by atoms with Gasteiger partial charge in [-0.2, -0.15) is 0 Å². The monoisotopic (exact) mass is 453 g/mol. The zero-order valence-electron chi connectivity index (χ0n) is 15.4. The summed E-state index contributed by atoms with van der Waals surface area (Å²) < 4.78 is 0.734. The van der Waals surface area contributed by atoms with Crippen LogP contribution in [0.25, 0.3) is 10.2 Å². The van der Waals surface area contributed by atoms with Crippen LogP contribution in [0.3, 0.4) is 0 Å². The van der Waals surface area contributed by atoms with Gasteiger partial charge in [0.25, 0.3) is 5.56 Å². The van der Waals surface area contributed by atoms with Crippen LogP contribution in [0, 0.1) is 0 Å². The number of H-pyrrole nitrogens is 1. The van der Waals surface area contributed by atoms with Crippen molar-refractivity contribution in [3.05, 3.63) is 48.0 Å². The number of thiophene rings is 2. The highest BCUT2D eigenvalue weighted by Gasteiger charge is 2.21. The second-order valence-electron chi connectivity index (χ2n) is 6.66. The third kappa shape index (κ3) is 4.15. The fraction of sp³-hybridized carbons (Fsp3) is 0.421. The molecule has 0 aliphatic heterocycles. The van der Waals surface area contributed by atoms with Crippen molar-refractivity contribution in [2.45, 2.75) is 38.5 Å². The van der Waals surface area contributed by atoms with Gasteiger partial charge in [0.2, 0.25) is 5.91 Å². The number of halogens is 1. The number of aryl methyl sites for hydroxylation is 2. The molecule has 5 nitrogen and oxygen atoms in total. The smallest absolute Gasteiger partial charge is 0.259 e. The van der Waals surface area contributed by atoms with Crippen LogP contribution in [0.15, 0.2) is 16.9 Å². The molecular formula is C19H20ClN3O2S3. The number of amides is 1. The first-order valence-corrected chi connectivity index (χ1v) is 12.3. The summed E-state index contributed by atoms with van der Waals surface area (Å²) in [5.41, 5.74) is 1.14. The molecule has 3 aromatic heterocycles. The number of aromatic amines is 1. The van der Waals surface area contributed by atoms with E-state index < -0.39 is 0 Å². The van der Waals surface area contributed by atoms with E-state index in [9.17, 15) is 9.59 Å². The molecule has 3 aromatic rings. The molecule has 0 saturated carbocycles. The van der Waals surface area contributed by atoms with Crippen LogP contribution < -0.4 is 5.56 Å². The van der Waals surface area contributed by atoms with Crippen molar-refractivity contribution in [2.75, 3.05) is 12.3 Å². The maximum absolute atomic E-state index is 12.5. The fourth-order valence-corrected chi connectivity index (χ4v) is 6.62. The highest BCUT2D eigenvalue weighted by molar-refractivity contribution is 7.99. The molecule has 0 bridgehead atoms. The molecule has 0 atom stereocenters. The number of carbonyl (C=O) groups excluding carboxylic acids is 1. The minimum absolute atomic E-state index is 0.0453. The normalized spacial score (nSPS) is 13.2. The molecule has 0 radical (unpaired) electrons. The van der Waals surface area contributed by atoms with Gasteiger partial charge in [0.15, 0.2) is 0 Å². The van der Waals surface area contributed by atoms with E-state index in [0.29, 0.717) is 30.4 Å². The van der Waals surface area contributed by atoms with E-state index in [2.05, 4.69) is 9.97 Å². The Morgan fingerprint density at radius 3 is 2.96 bits per heavy atom. The van der Waals surface area contributed by atoms with E-state index in [-0.39, 0.29) is 11.5 Å². The largest absolute Gasteiger partial charge is 0.337 e. The van der Waals surface area contributed by atoms with Gasteiger partial charge in [0.1, 0.15) is 10.7 Å². The Labute approximate surface area is 180 Å². The van der Waals surface area contributed by atoms with Crippen molar-refractivity contribution in [3.8, 4) is 0 Å². The van der Waals surface area contributed by atoms with Crippen LogP contribution in [-0.4, -0.2) is 33.1 Å². The lowest BCUT2D eigenvalue weighted by Gasteiger charge is -2.19. The number of nitrogens with one attached hydrogen (secondary N) is 1. The molecule has 3 heterocycles. The summed E-state index contributed by atoms with van der Waals surface area (Å²) >= 11 is 10.6. The Morgan fingerprint density at radius 2 is 2.21 bits per heavy atom. The Balaban J connectivity index is 1.37. The average molecular weight is 454 g/mol. The molecule has 0 fully saturated rings. The van der Waals surface area contributed by atoms with Crippen molar-refractivity contribution in [1.29, 1.82) is 0 Å². The van der Waals surface area contributed by atoms with Gasteiger partial charge in [-0.3, -0.25) is 9.59 Å². The fourth-order valence-electron chi connectivity index (χ4n) is 3.44. The van der Waals surface area contributed by atoms with Crippen molar-refractivity contribution >= 4 is 62.2 Å². The Morgan fingerprint density at radius 1 is 1.36 bits per heavy atom. The van der Waals surface area contributed by atoms with Crippen LogP contribution in [0.1, 0.15) is 34.5 Å². The SMILES string of the molecule is CCN(Cc1ccc(Cl)s1)C(=O)CSCc1nc2sc3c(c2c(=O)[nH]1)CCC3. The summed E-state index contributed by atoms with van der Waals surface area (Å²) in [5, 5.41) is 0.772. The predicted octanol–water partition coefficient (Wildman–Crippen LogP) is 4.47. The Hall–Kier alpha value is -1.35. The number of aromatic nitrogens is 2. The number of fused-ring (bicyclic) bond motifs is 3. The topological polar surface area (TPSA) is 66.1 Å². The molecule has 1 N–H and O–H groups in total. The zero-order valence-corrected chi connectivity index (χ0v) is 18.6. The Kier molecular flexibility index (Phi) is 6.10. The lowest BCUT2D eigenvalue weighted by Crippen LogP contribution is -2.31.